The molecule has 1 amide bonds. The number of aliphatic hydroxyl groups is 1. The first-order valence-corrected chi connectivity index (χ1v) is 5.04. The highest BCUT2D eigenvalue weighted by molar-refractivity contribution is 5.83. The highest BCUT2D eigenvalue weighted by atomic mass is 19.4. The molecule has 3 unspecified atom stereocenters. The van der Waals surface area contributed by atoms with Gasteiger partial charge in [0.15, 0.2) is 6.10 Å². The van der Waals surface area contributed by atoms with E-state index in [1.165, 1.54) is 6.92 Å². The first-order valence-electron chi connectivity index (χ1n) is 5.04. The molecule has 0 saturated carbocycles. The van der Waals surface area contributed by atoms with E-state index in [0.29, 0.717) is 0 Å². The molecule has 1 fully saturated rings. The van der Waals surface area contributed by atoms with E-state index in [2.05, 4.69) is 0 Å². The number of halogens is 3. The monoisotopic (exact) mass is 256 g/mol. The molecule has 1 rings (SSSR count). The topological polar surface area (TPSA) is 84.6 Å². The second kappa shape index (κ2) is 4.79. The highest BCUT2D eigenvalue weighted by Gasteiger charge is 2.45. The maximum Gasteiger partial charge on any atom is 0.416 e. The largest absolute Gasteiger partial charge is 0.416 e. The summed E-state index contributed by atoms with van der Waals surface area (Å²) in [5.41, 5.74) is 4.59. The van der Waals surface area contributed by atoms with Gasteiger partial charge in [-0.15, -0.1) is 0 Å². The highest BCUT2D eigenvalue weighted by Crippen LogP contribution is 2.27. The lowest BCUT2D eigenvalue weighted by Crippen LogP contribution is -2.52. The van der Waals surface area contributed by atoms with Gasteiger partial charge in [-0.2, -0.15) is 13.2 Å². The van der Waals surface area contributed by atoms with Crippen molar-refractivity contribution in [2.24, 2.45) is 11.1 Å². The number of rotatable bonds is 3. The van der Waals surface area contributed by atoms with Crippen molar-refractivity contribution in [3.8, 4) is 0 Å². The van der Waals surface area contributed by atoms with Crippen LogP contribution in [-0.2, 0) is 9.53 Å². The van der Waals surface area contributed by atoms with Crippen LogP contribution in [0.25, 0.3) is 0 Å². The van der Waals surface area contributed by atoms with E-state index in [1.807, 2.05) is 5.32 Å². The van der Waals surface area contributed by atoms with E-state index in [-0.39, 0.29) is 13.2 Å². The van der Waals surface area contributed by atoms with Gasteiger partial charge in [0.1, 0.15) is 0 Å². The molecule has 1 aliphatic rings. The summed E-state index contributed by atoms with van der Waals surface area (Å²) < 4.78 is 41.0. The molecule has 4 N–H and O–H groups in total. The smallest absolute Gasteiger partial charge is 0.382 e. The van der Waals surface area contributed by atoms with Gasteiger partial charge in [-0.1, -0.05) is 0 Å². The molecule has 8 heteroatoms. The molecule has 100 valence electrons. The summed E-state index contributed by atoms with van der Waals surface area (Å²) in [6.07, 6.45) is -7.32. The summed E-state index contributed by atoms with van der Waals surface area (Å²) in [6.45, 7) is 0.873. The average Bonchev–Trinajstić information content (AvgIpc) is 2.55. The van der Waals surface area contributed by atoms with Crippen molar-refractivity contribution in [3.63, 3.8) is 0 Å². The number of hydrogen-bond acceptors (Lipinski definition) is 4. The normalized spacial score (nSPS) is 31.3. The van der Waals surface area contributed by atoms with Crippen LogP contribution in [0.3, 0.4) is 0 Å². The van der Waals surface area contributed by atoms with E-state index in [0.717, 1.165) is 0 Å². The second-order valence-corrected chi connectivity index (χ2v) is 4.31. The van der Waals surface area contributed by atoms with Crippen molar-refractivity contribution in [1.82, 2.24) is 5.32 Å². The van der Waals surface area contributed by atoms with Crippen LogP contribution in [0, 0.1) is 5.41 Å². The molecule has 0 aromatic rings. The number of alkyl halides is 3. The summed E-state index contributed by atoms with van der Waals surface area (Å²) in [5.74, 6) is -0.647. The number of nitrogens with one attached hydrogen (secondary N) is 1. The molecule has 1 heterocycles. The SMILES string of the molecule is CC1(C(=O)NCC(O)C(F)(F)F)COCC1N. The fourth-order valence-corrected chi connectivity index (χ4v) is 1.43. The molecule has 0 aromatic heterocycles. The van der Waals surface area contributed by atoms with Crippen molar-refractivity contribution < 1.29 is 27.8 Å². The fraction of sp³-hybridized carbons (Fsp3) is 0.889. The Bertz CT molecular complexity index is 298. The molecule has 0 bridgehead atoms. The maximum absolute atomic E-state index is 12.0. The predicted molar refractivity (Wildman–Crippen MR) is 52.0 cm³/mol. The summed E-state index contributed by atoms with van der Waals surface area (Å²) in [6, 6.07) is -0.564. The Morgan fingerprint density at radius 2 is 2.29 bits per heavy atom. The summed E-state index contributed by atoms with van der Waals surface area (Å²) in [7, 11) is 0. The Morgan fingerprint density at radius 1 is 1.71 bits per heavy atom. The molecule has 0 aliphatic carbocycles. The van der Waals surface area contributed by atoms with Gasteiger partial charge < -0.3 is 20.9 Å². The first kappa shape index (κ1) is 14.2. The lowest BCUT2D eigenvalue weighted by molar-refractivity contribution is -0.202. The molecular formula is C9H15F3N2O3. The summed E-state index contributed by atoms with van der Waals surface area (Å²) in [5, 5.41) is 10.8. The van der Waals surface area contributed by atoms with E-state index in [1.54, 1.807) is 0 Å². The zero-order valence-corrected chi connectivity index (χ0v) is 9.25. The number of aliphatic hydroxyl groups excluding tert-OH is 1. The van der Waals surface area contributed by atoms with E-state index >= 15 is 0 Å². The number of carbonyl (C=O) groups is 1. The van der Waals surface area contributed by atoms with Crippen LogP contribution in [0.4, 0.5) is 13.2 Å². The van der Waals surface area contributed by atoms with Gasteiger partial charge in [0, 0.05) is 6.04 Å². The molecule has 3 atom stereocenters. The third-order valence-corrected chi connectivity index (χ3v) is 2.87. The quantitative estimate of drug-likeness (QED) is 0.629. The van der Waals surface area contributed by atoms with E-state index in [4.69, 9.17) is 15.6 Å². The summed E-state index contributed by atoms with van der Waals surface area (Å²) in [4.78, 5) is 11.7. The fourth-order valence-electron chi connectivity index (χ4n) is 1.43. The van der Waals surface area contributed by atoms with E-state index in [9.17, 15) is 18.0 Å². The maximum atomic E-state index is 12.0. The van der Waals surface area contributed by atoms with Gasteiger partial charge in [-0.3, -0.25) is 4.79 Å². The lowest BCUT2D eigenvalue weighted by Gasteiger charge is -2.26. The minimum absolute atomic E-state index is 0.0577. The van der Waals surface area contributed by atoms with Gasteiger partial charge in [0.05, 0.1) is 25.2 Å². The molecule has 17 heavy (non-hydrogen) atoms. The molecule has 0 aromatic carbocycles. The number of ether oxygens (including phenoxy) is 1. The van der Waals surface area contributed by atoms with Crippen molar-refractivity contribution in [1.29, 1.82) is 0 Å². The minimum Gasteiger partial charge on any atom is -0.382 e. The summed E-state index contributed by atoms with van der Waals surface area (Å²) >= 11 is 0. The Hall–Kier alpha value is -0.860. The molecule has 5 nitrogen and oxygen atoms in total. The van der Waals surface area contributed by atoms with Crippen LogP contribution in [0.15, 0.2) is 0 Å². The van der Waals surface area contributed by atoms with Gasteiger partial charge in [-0.25, -0.2) is 0 Å². The number of nitrogens with two attached hydrogens (primary N) is 1. The Balaban J connectivity index is 2.50. The van der Waals surface area contributed by atoms with Crippen molar-refractivity contribution >= 4 is 5.91 Å². The van der Waals surface area contributed by atoms with Crippen LogP contribution >= 0.6 is 0 Å². The Kier molecular flexibility index (Phi) is 4.00. The van der Waals surface area contributed by atoms with Crippen LogP contribution in [0.5, 0.6) is 0 Å². The number of amides is 1. The molecule has 1 aliphatic heterocycles. The van der Waals surface area contributed by atoms with E-state index < -0.39 is 36.2 Å². The van der Waals surface area contributed by atoms with Crippen LogP contribution in [-0.4, -0.2) is 49.1 Å². The van der Waals surface area contributed by atoms with Crippen LogP contribution in [0.1, 0.15) is 6.92 Å². The number of carbonyl (C=O) groups excluding carboxylic acids is 1. The standard InChI is InChI=1S/C9H15F3N2O3/c1-8(4-17-3-5(8)13)7(16)14-2-6(15)9(10,11)12/h5-6,15H,2-4,13H2,1H3,(H,14,16). The first-order chi connectivity index (χ1) is 7.68. The zero-order chi connectivity index (χ0) is 13.3. The number of hydrogen-bond donors (Lipinski definition) is 3. The van der Waals surface area contributed by atoms with Crippen molar-refractivity contribution in [3.05, 3.63) is 0 Å². The molecule has 0 radical (unpaired) electrons. The van der Waals surface area contributed by atoms with Crippen molar-refractivity contribution in [2.45, 2.75) is 25.2 Å². The minimum atomic E-state index is -4.75. The molecule has 0 spiro atoms. The lowest BCUT2D eigenvalue weighted by atomic mass is 9.85. The third kappa shape index (κ3) is 3.08. The zero-order valence-electron chi connectivity index (χ0n) is 9.25. The average molecular weight is 256 g/mol. The Labute approximate surface area is 96.1 Å². The van der Waals surface area contributed by atoms with Gasteiger partial charge in [-0.05, 0) is 6.92 Å². The van der Waals surface area contributed by atoms with Gasteiger partial charge >= 0.3 is 6.18 Å². The predicted octanol–water partition coefficient (Wildman–Crippen LogP) is -0.610. The Morgan fingerprint density at radius 3 is 2.71 bits per heavy atom. The molecular weight excluding hydrogens is 241 g/mol. The molecule has 1 saturated heterocycles. The third-order valence-electron chi connectivity index (χ3n) is 2.87. The van der Waals surface area contributed by atoms with Crippen LogP contribution < -0.4 is 11.1 Å². The second-order valence-electron chi connectivity index (χ2n) is 4.31. The van der Waals surface area contributed by atoms with Gasteiger partial charge in [0.2, 0.25) is 5.91 Å². The van der Waals surface area contributed by atoms with Crippen LogP contribution in [0.2, 0.25) is 0 Å². The van der Waals surface area contributed by atoms with Gasteiger partial charge in [0.25, 0.3) is 0 Å². The van der Waals surface area contributed by atoms with Crippen molar-refractivity contribution in [2.75, 3.05) is 19.8 Å².